The minimum atomic E-state index is -1.15. The van der Waals surface area contributed by atoms with Gasteiger partial charge in [-0.3, -0.25) is 14.6 Å². The monoisotopic (exact) mass is 540 g/mol. The summed E-state index contributed by atoms with van der Waals surface area (Å²) in [6.45, 7) is 9.71. The quantitative estimate of drug-likeness (QED) is 0.466. The highest BCUT2D eigenvalue weighted by atomic mass is 35.5. The molecule has 5 rings (SSSR count). The van der Waals surface area contributed by atoms with Gasteiger partial charge < -0.3 is 19.8 Å². The minimum Gasteiger partial charge on any atom is -0.507 e. The average Bonchev–Trinajstić information content (AvgIpc) is 2.87. The van der Waals surface area contributed by atoms with Crippen LogP contribution < -0.4 is 9.80 Å². The molecule has 2 aliphatic heterocycles. The van der Waals surface area contributed by atoms with E-state index in [1.807, 2.05) is 25.7 Å². The molecule has 2 amide bonds. The zero-order valence-electron chi connectivity index (χ0n) is 21.4. The number of likely N-dealkylation sites (N-methyl/N-ethyl adjacent to an activating group) is 1. The van der Waals surface area contributed by atoms with Crippen LogP contribution in [0.25, 0.3) is 22.0 Å². The summed E-state index contributed by atoms with van der Waals surface area (Å²) in [7, 11) is 1.62. The van der Waals surface area contributed by atoms with Crippen LogP contribution in [0.15, 0.2) is 43.1 Å². The maximum Gasteiger partial charge on any atom is 0.254 e. The van der Waals surface area contributed by atoms with Gasteiger partial charge in [-0.1, -0.05) is 38.1 Å². The first-order valence-electron chi connectivity index (χ1n) is 12.2. The Labute approximate surface area is 223 Å². The first-order chi connectivity index (χ1) is 17.9. The van der Waals surface area contributed by atoms with E-state index in [9.17, 15) is 19.1 Å². The molecule has 0 saturated carbocycles. The van der Waals surface area contributed by atoms with Crippen LogP contribution >= 0.6 is 11.6 Å². The number of halogens is 3. The first kappa shape index (κ1) is 25.9. The van der Waals surface area contributed by atoms with Crippen LogP contribution in [0.5, 0.6) is 5.75 Å². The largest absolute Gasteiger partial charge is 0.507 e. The molecular weight excluding hydrogens is 514 g/mol. The van der Waals surface area contributed by atoms with Gasteiger partial charge in [0.1, 0.15) is 22.6 Å². The van der Waals surface area contributed by atoms with Crippen molar-refractivity contribution in [1.82, 2.24) is 9.88 Å². The third kappa shape index (κ3) is 3.41. The second-order valence-corrected chi connectivity index (χ2v) is 10.5. The van der Waals surface area contributed by atoms with E-state index in [2.05, 4.69) is 11.6 Å². The molecule has 3 heterocycles. The standard InChI is InChI=1S/C28H27ClF2N4O3/c1-6-21(37)34-13-28(14(2)3)27(38)33(5)19-11-32-25-16(26(19)35(28)12-15(34)4)10-17(29)22(24(25)31)23-18(30)8-7-9-20(23)36/h6-11,14-15,36H,1,12-13H2,2-5H3/t15-,28?/m1/s1. The molecule has 2 aromatic carbocycles. The fraction of sp³-hybridized carbons (Fsp3) is 0.321. The molecule has 0 bridgehead atoms. The molecule has 3 aromatic rings. The Morgan fingerprint density at radius 1 is 1.32 bits per heavy atom. The van der Waals surface area contributed by atoms with Gasteiger partial charge >= 0.3 is 0 Å². The van der Waals surface area contributed by atoms with E-state index in [0.717, 1.165) is 6.07 Å². The number of aromatic nitrogens is 1. The number of hydrogen-bond donors (Lipinski definition) is 1. The molecule has 10 heteroatoms. The summed E-state index contributed by atoms with van der Waals surface area (Å²) in [6.07, 6.45) is 2.65. The summed E-state index contributed by atoms with van der Waals surface area (Å²) in [6, 6.07) is 4.88. The Hall–Kier alpha value is -3.72. The molecule has 1 fully saturated rings. The van der Waals surface area contributed by atoms with E-state index in [1.54, 1.807) is 11.9 Å². The average molecular weight is 541 g/mol. The van der Waals surface area contributed by atoms with Gasteiger partial charge in [-0.25, -0.2) is 8.78 Å². The van der Waals surface area contributed by atoms with E-state index in [0.29, 0.717) is 23.3 Å². The van der Waals surface area contributed by atoms with Crippen molar-refractivity contribution in [3.05, 3.63) is 59.8 Å². The lowest BCUT2D eigenvalue weighted by atomic mass is 9.77. The van der Waals surface area contributed by atoms with Gasteiger partial charge in [-0.2, -0.15) is 0 Å². The summed E-state index contributed by atoms with van der Waals surface area (Å²) in [4.78, 5) is 36.0. The number of anilines is 2. The van der Waals surface area contributed by atoms with Crippen LogP contribution in [-0.4, -0.2) is 58.5 Å². The number of fused-ring (bicyclic) bond motifs is 5. The number of phenolic OH excluding ortho intramolecular Hbond substituents is 1. The zero-order valence-corrected chi connectivity index (χ0v) is 22.2. The Bertz CT molecular complexity index is 1510. The summed E-state index contributed by atoms with van der Waals surface area (Å²) in [5.74, 6) is -2.90. The van der Waals surface area contributed by atoms with Gasteiger partial charge in [0.15, 0.2) is 5.82 Å². The molecule has 2 atom stereocenters. The molecule has 0 aliphatic carbocycles. The predicted molar refractivity (Wildman–Crippen MR) is 143 cm³/mol. The Balaban J connectivity index is 1.81. The number of amides is 2. The first-order valence-corrected chi connectivity index (χ1v) is 12.6. The van der Waals surface area contributed by atoms with Gasteiger partial charge in [0.05, 0.1) is 34.7 Å². The van der Waals surface area contributed by atoms with E-state index in [-0.39, 0.29) is 52.0 Å². The van der Waals surface area contributed by atoms with Crippen LogP contribution in [-0.2, 0) is 9.59 Å². The Morgan fingerprint density at radius 2 is 2.03 bits per heavy atom. The number of phenols is 1. The number of pyridine rings is 1. The van der Waals surface area contributed by atoms with Crippen LogP contribution in [0.4, 0.5) is 20.2 Å². The predicted octanol–water partition coefficient (Wildman–Crippen LogP) is 5.13. The molecule has 7 nitrogen and oxygen atoms in total. The number of aromatic hydroxyl groups is 1. The molecule has 0 radical (unpaired) electrons. The summed E-state index contributed by atoms with van der Waals surface area (Å²) in [5, 5.41) is 10.5. The van der Waals surface area contributed by atoms with Crippen molar-refractivity contribution in [2.24, 2.45) is 5.92 Å². The van der Waals surface area contributed by atoms with Crippen molar-refractivity contribution in [3.63, 3.8) is 0 Å². The van der Waals surface area contributed by atoms with Crippen molar-refractivity contribution < 1.29 is 23.5 Å². The molecule has 38 heavy (non-hydrogen) atoms. The van der Waals surface area contributed by atoms with Gasteiger partial charge in [-0.05, 0) is 37.1 Å². The van der Waals surface area contributed by atoms with E-state index < -0.39 is 22.9 Å². The molecule has 1 unspecified atom stereocenters. The second-order valence-electron chi connectivity index (χ2n) is 10.1. The molecule has 1 saturated heterocycles. The molecule has 1 aromatic heterocycles. The van der Waals surface area contributed by atoms with Gasteiger partial charge in [0.2, 0.25) is 5.91 Å². The topological polar surface area (TPSA) is 77.0 Å². The lowest BCUT2D eigenvalue weighted by Gasteiger charge is -2.58. The second kappa shape index (κ2) is 8.94. The fourth-order valence-corrected chi connectivity index (χ4v) is 6.10. The molecular formula is C28H27ClF2N4O3. The van der Waals surface area contributed by atoms with Crippen molar-refractivity contribution >= 4 is 45.7 Å². The number of piperazine rings is 1. The normalized spacial score (nSPS) is 21.1. The number of carbonyl (C=O) groups is 2. The smallest absolute Gasteiger partial charge is 0.254 e. The van der Waals surface area contributed by atoms with Gasteiger partial charge in [-0.15, -0.1) is 0 Å². The van der Waals surface area contributed by atoms with Crippen molar-refractivity contribution in [2.45, 2.75) is 32.4 Å². The van der Waals surface area contributed by atoms with Crippen LogP contribution in [0.1, 0.15) is 20.8 Å². The number of hydrogen-bond acceptors (Lipinski definition) is 5. The Kier molecular flexibility index (Phi) is 6.10. The third-order valence-corrected chi connectivity index (χ3v) is 8.14. The highest BCUT2D eigenvalue weighted by Crippen LogP contribution is 2.50. The van der Waals surface area contributed by atoms with Crippen LogP contribution in [0, 0.1) is 17.6 Å². The molecule has 198 valence electrons. The van der Waals surface area contributed by atoms with E-state index in [1.165, 1.54) is 35.4 Å². The minimum absolute atomic E-state index is 0.0801. The van der Waals surface area contributed by atoms with E-state index in [4.69, 9.17) is 11.6 Å². The highest BCUT2D eigenvalue weighted by Gasteiger charge is 2.57. The molecule has 2 aliphatic rings. The summed E-state index contributed by atoms with van der Waals surface area (Å²) in [5.41, 5.74) is -0.867. The maximum absolute atomic E-state index is 16.1. The molecule has 0 spiro atoms. The summed E-state index contributed by atoms with van der Waals surface area (Å²) >= 11 is 6.57. The Morgan fingerprint density at radius 3 is 2.66 bits per heavy atom. The van der Waals surface area contributed by atoms with Gasteiger partial charge in [0, 0.05) is 30.6 Å². The van der Waals surface area contributed by atoms with Gasteiger partial charge in [0.25, 0.3) is 5.91 Å². The molecule has 1 N–H and O–H groups in total. The van der Waals surface area contributed by atoms with E-state index >= 15 is 4.39 Å². The highest BCUT2D eigenvalue weighted by molar-refractivity contribution is 6.35. The number of nitrogens with zero attached hydrogens (tertiary/aromatic N) is 4. The third-order valence-electron chi connectivity index (χ3n) is 7.84. The number of rotatable bonds is 3. The number of carbonyl (C=O) groups excluding carboxylic acids is 2. The SMILES string of the molecule is C=CC(=O)N1CC2(C(C)C)C(=O)N(C)c3cnc4c(F)c(-c5c(O)cccc5F)c(Cl)cc4c3N2C[C@H]1C. The lowest BCUT2D eigenvalue weighted by Crippen LogP contribution is -2.75. The van der Waals surface area contributed by atoms with Crippen LogP contribution in [0.3, 0.4) is 0 Å². The number of benzene rings is 2. The van der Waals surface area contributed by atoms with Crippen LogP contribution in [0.2, 0.25) is 5.02 Å². The zero-order chi connectivity index (χ0) is 27.7. The maximum atomic E-state index is 16.1. The lowest BCUT2D eigenvalue weighted by molar-refractivity contribution is -0.135. The fourth-order valence-electron chi connectivity index (χ4n) is 5.81. The van der Waals surface area contributed by atoms with Crippen molar-refractivity contribution in [3.8, 4) is 16.9 Å². The van der Waals surface area contributed by atoms with Crippen molar-refractivity contribution in [2.75, 3.05) is 29.9 Å². The van der Waals surface area contributed by atoms with Crippen molar-refractivity contribution in [1.29, 1.82) is 0 Å². The summed E-state index contributed by atoms with van der Waals surface area (Å²) < 4.78 is 30.8.